The number of furan rings is 1. The zero-order valence-corrected chi connectivity index (χ0v) is 14.1. The standard InChI is InChI=1S/C18H16N2O6/c1-3-25-14-6-4-5-11-9-16(26-17(11)14)18(21)19-13-8-7-12(20(22)23)10-15(13)24-2/h4-10H,3H2,1-2H3,(H,19,21). The zero-order chi connectivity index (χ0) is 18.7. The molecule has 0 saturated carbocycles. The van der Waals surface area contributed by atoms with E-state index in [0.717, 1.165) is 5.39 Å². The highest BCUT2D eigenvalue weighted by molar-refractivity contribution is 6.05. The topological polar surface area (TPSA) is 104 Å². The summed E-state index contributed by atoms with van der Waals surface area (Å²) in [5.74, 6) is 0.319. The number of amides is 1. The molecule has 8 nitrogen and oxygen atoms in total. The van der Waals surface area contributed by atoms with Gasteiger partial charge in [0.25, 0.3) is 11.6 Å². The van der Waals surface area contributed by atoms with Gasteiger partial charge < -0.3 is 19.2 Å². The summed E-state index contributed by atoms with van der Waals surface area (Å²) < 4.78 is 16.2. The van der Waals surface area contributed by atoms with Gasteiger partial charge in [-0.2, -0.15) is 0 Å². The van der Waals surface area contributed by atoms with Gasteiger partial charge in [-0.1, -0.05) is 12.1 Å². The van der Waals surface area contributed by atoms with E-state index in [4.69, 9.17) is 13.9 Å². The Bertz CT molecular complexity index is 979. The number of nitrogens with one attached hydrogen (secondary N) is 1. The normalized spacial score (nSPS) is 10.5. The Morgan fingerprint density at radius 2 is 2.04 bits per heavy atom. The first-order valence-corrected chi connectivity index (χ1v) is 7.82. The molecule has 0 aliphatic heterocycles. The maximum Gasteiger partial charge on any atom is 0.291 e. The number of methoxy groups -OCH3 is 1. The first kappa shape index (κ1) is 17.3. The number of fused-ring (bicyclic) bond motifs is 1. The number of carbonyl (C=O) groups is 1. The van der Waals surface area contributed by atoms with Gasteiger partial charge in [-0.15, -0.1) is 0 Å². The summed E-state index contributed by atoms with van der Waals surface area (Å²) in [6.45, 7) is 2.33. The third kappa shape index (κ3) is 3.30. The molecular formula is C18H16N2O6. The summed E-state index contributed by atoms with van der Waals surface area (Å²) in [4.78, 5) is 22.8. The second-order valence-electron chi connectivity index (χ2n) is 5.31. The molecule has 134 valence electrons. The quantitative estimate of drug-likeness (QED) is 0.529. The van der Waals surface area contributed by atoms with Crippen LogP contribution >= 0.6 is 0 Å². The summed E-state index contributed by atoms with van der Waals surface area (Å²) in [6.07, 6.45) is 0. The molecule has 8 heteroatoms. The van der Waals surface area contributed by atoms with Gasteiger partial charge in [0.05, 0.1) is 30.4 Å². The van der Waals surface area contributed by atoms with E-state index >= 15 is 0 Å². The third-order valence-corrected chi connectivity index (χ3v) is 3.68. The number of ether oxygens (including phenoxy) is 2. The molecular weight excluding hydrogens is 340 g/mol. The first-order chi connectivity index (χ1) is 12.5. The van der Waals surface area contributed by atoms with Crippen molar-refractivity contribution in [3.63, 3.8) is 0 Å². The van der Waals surface area contributed by atoms with Crippen molar-refractivity contribution in [3.8, 4) is 11.5 Å². The first-order valence-electron chi connectivity index (χ1n) is 7.82. The van der Waals surface area contributed by atoms with Crippen LogP contribution in [0.15, 0.2) is 46.9 Å². The predicted molar refractivity (Wildman–Crippen MR) is 95.0 cm³/mol. The molecule has 0 radical (unpaired) electrons. The van der Waals surface area contributed by atoms with Gasteiger partial charge in [0.2, 0.25) is 0 Å². The number of nitro groups is 1. The van der Waals surface area contributed by atoms with E-state index in [2.05, 4.69) is 5.32 Å². The average molecular weight is 356 g/mol. The molecule has 2 aromatic carbocycles. The Hall–Kier alpha value is -3.55. The number of benzene rings is 2. The van der Waals surface area contributed by atoms with Gasteiger partial charge in [0.1, 0.15) is 5.75 Å². The highest BCUT2D eigenvalue weighted by Gasteiger charge is 2.18. The Morgan fingerprint density at radius 1 is 1.23 bits per heavy atom. The third-order valence-electron chi connectivity index (χ3n) is 3.68. The zero-order valence-electron chi connectivity index (χ0n) is 14.1. The summed E-state index contributed by atoms with van der Waals surface area (Å²) in [5.41, 5.74) is 0.647. The van der Waals surface area contributed by atoms with E-state index in [1.807, 2.05) is 19.1 Å². The molecule has 0 saturated heterocycles. The van der Waals surface area contributed by atoms with E-state index < -0.39 is 10.8 Å². The van der Waals surface area contributed by atoms with Crippen LogP contribution in [0.2, 0.25) is 0 Å². The minimum Gasteiger partial charge on any atom is -0.494 e. The second kappa shape index (κ2) is 7.14. The van der Waals surface area contributed by atoms with Gasteiger partial charge in [-0.05, 0) is 25.1 Å². The lowest BCUT2D eigenvalue weighted by atomic mass is 10.2. The second-order valence-corrected chi connectivity index (χ2v) is 5.31. The fraction of sp³-hybridized carbons (Fsp3) is 0.167. The highest BCUT2D eigenvalue weighted by Crippen LogP contribution is 2.31. The van der Waals surface area contributed by atoms with Crippen molar-refractivity contribution in [2.75, 3.05) is 19.0 Å². The number of carbonyl (C=O) groups excluding carboxylic acids is 1. The smallest absolute Gasteiger partial charge is 0.291 e. The van der Waals surface area contributed by atoms with Crippen LogP contribution in [0.4, 0.5) is 11.4 Å². The fourth-order valence-electron chi connectivity index (χ4n) is 2.50. The van der Waals surface area contributed by atoms with Crippen LogP contribution in [0.3, 0.4) is 0 Å². The van der Waals surface area contributed by atoms with Gasteiger partial charge in [0.15, 0.2) is 17.1 Å². The number of para-hydroxylation sites is 1. The molecule has 1 N–H and O–H groups in total. The molecule has 3 aromatic rings. The number of nitro benzene ring substituents is 1. The predicted octanol–water partition coefficient (Wildman–Crippen LogP) is 4.00. The number of rotatable bonds is 6. The number of hydrogen-bond acceptors (Lipinski definition) is 6. The Balaban J connectivity index is 1.90. The molecule has 0 aliphatic rings. The number of non-ortho nitro benzene ring substituents is 1. The highest BCUT2D eigenvalue weighted by atomic mass is 16.6. The number of hydrogen-bond donors (Lipinski definition) is 1. The summed E-state index contributed by atoms with van der Waals surface area (Å²) in [7, 11) is 1.37. The molecule has 0 aliphatic carbocycles. The molecule has 0 bridgehead atoms. The fourth-order valence-corrected chi connectivity index (χ4v) is 2.50. The maximum absolute atomic E-state index is 12.5. The molecule has 1 aromatic heterocycles. The lowest BCUT2D eigenvalue weighted by Crippen LogP contribution is -2.11. The van der Waals surface area contributed by atoms with E-state index in [1.165, 1.54) is 25.3 Å². The van der Waals surface area contributed by atoms with Crippen LogP contribution < -0.4 is 14.8 Å². The van der Waals surface area contributed by atoms with E-state index in [-0.39, 0.29) is 17.2 Å². The van der Waals surface area contributed by atoms with Crippen molar-refractivity contribution in [2.45, 2.75) is 6.92 Å². The minimum absolute atomic E-state index is 0.0903. The molecule has 26 heavy (non-hydrogen) atoms. The Morgan fingerprint density at radius 3 is 2.73 bits per heavy atom. The van der Waals surface area contributed by atoms with Crippen LogP contribution in [-0.2, 0) is 0 Å². The van der Waals surface area contributed by atoms with Crippen LogP contribution in [-0.4, -0.2) is 24.5 Å². The van der Waals surface area contributed by atoms with Crippen molar-refractivity contribution in [1.82, 2.24) is 0 Å². The summed E-state index contributed by atoms with van der Waals surface area (Å²) >= 11 is 0. The van der Waals surface area contributed by atoms with E-state index in [0.29, 0.717) is 23.6 Å². The maximum atomic E-state index is 12.5. The lowest BCUT2D eigenvalue weighted by Gasteiger charge is -2.08. The SMILES string of the molecule is CCOc1cccc2cc(C(=O)Nc3ccc([N+](=O)[O-])cc3OC)oc12. The Kier molecular flexibility index (Phi) is 4.74. The summed E-state index contributed by atoms with van der Waals surface area (Å²) in [6, 6.07) is 10.9. The molecule has 3 rings (SSSR count). The van der Waals surface area contributed by atoms with Crippen molar-refractivity contribution >= 4 is 28.3 Å². The monoisotopic (exact) mass is 356 g/mol. The lowest BCUT2D eigenvalue weighted by molar-refractivity contribution is -0.384. The van der Waals surface area contributed by atoms with Crippen LogP contribution in [0.1, 0.15) is 17.5 Å². The Labute approximate surface area is 148 Å². The van der Waals surface area contributed by atoms with Crippen molar-refractivity contribution in [3.05, 3.63) is 58.3 Å². The molecule has 0 fully saturated rings. The largest absolute Gasteiger partial charge is 0.494 e. The minimum atomic E-state index is -0.539. The van der Waals surface area contributed by atoms with Crippen molar-refractivity contribution < 1.29 is 23.6 Å². The van der Waals surface area contributed by atoms with E-state index in [9.17, 15) is 14.9 Å². The molecule has 0 atom stereocenters. The van der Waals surface area contributed by atoms with Crippen molar-refractivity contribution in [1.29, 1.82) is 0 Å². The van der Waals surface area contributed by atoms with Gasteiger partial charge in [0, 0.05) is 11.5 Å². The molecule has 1 amide bonds. The summed E-state index contributed by atoms with van der Waals surface area (Å²) in [5, 5.41) is 14.2. The molecule has 0 spiro atoms. The van der Waals surface area contributed by atoms with Crippen LogP contribution in [0, 0.1) is 10.1 Å². The van der Waals surface area contributed by atoms with Crippen molar-refractivity contribution in [2.24, 2.45) is 0 Å². The molecule has 0 unspecified atom stereocenters. The van der Waals surface area contributed by atoms with Crippen LogP contribution in [0.5, 0.6) is 11.5 Å². The van der Waals surface area contributed by atoms with Gasteiger partial charge in [-0.3, -0.25) is 14.9 Å². The van der Waals surface area contributed by atoms with Crippen LogP contribution in [0.25, 0.3) is 11.0 Å². The average Bonchev–Trinajstić information content (AvgIpc) is 3.07. The van der Waals surface area contributed by atoms with Gasteiger partial charge in [-0.25, -0.2) is 0 Å². The van der Waals surface area contributed by atoms with E-state index in [1.54, 1.807) is 12.1 Å². The van der Waals surface area contributed by atoms with Gasteiger partial charge >= 0.3 is 0 Å². The molecule has 1 heterocycles. The number of nitrogens with zero attached hydrogens (tertiary/aromatic N) is 1. The number of anilines is 1.